The molecule has 1 unspecified atom stereocenters. The predicted molar refractivity (Wildman–Crippen MR) is 106 cm³/mol. The van der Waals surface area contributed by atoms with Gasteiger partial charge in [0.15, 0.2) is 5.76 Å². The van der Waals surface area contributed by atoms with Crippen LogP contribution in [0.5, 0.6) is 0 Å². The highest BCUT2D eigenvalue weighted by molar-refractivity contribution is 7.12. The van der Waals surface area contributed by atoms with Gasteiger partial charge in [-0.05, 0) is 47.3 Å². The van der Waals surface area contributed by atoms with E-state index in [-0.39, 0.29) is 11.3 Å². The maximum Gasteiger partial charge on any atom is 0.294 e. The Hall–Kier alpha value is -2.96. The molecule has 1 amide bonds. The first-order chi connectivity index (χ1) is 13.5. The minimum atomic E-state index is -0.902. The zero-order valence-electron chi connectivity index (χ0n) is 14.3. The second kappa shape index (κ2) is 7.22. The molecule has 0 fully saturated rings. The lowest BCUT2D eigenvalue weighted by atomic mass is 9.95. The molecule has 0 radical (unpaired) electrons. The van der Waals surface area contributed by atoms with Gasteiger partial charge in [0.1, 0.15) is 5.82 Å². The molecule has 1 aliphatic rings. The van der Waals surface area contributed by atoms with Crippen LogP contribution in [-0.2, 0) is 4.79 Å². The molecule has 4 nitrogen and oxygen atoms in total. The van der Waals surface area contributed by atoms with E-state index in [1.165, 1.54) is 34.4 Å². The third-order valence-electron chi connectivity index (χ3n) is 4.47. The van der Waals surface area contributed by atoms with E-state index in [1.807, 2.05) is 0 Å². The number of thiophene rings is 1. The van der Waals surface area contributed by atoms with Crippen LogP contribution in [0, 0.1) is 5.82 Å². The summed E-state index contributed by atoms with van der Waals surface area (Å²) in [6, 6.07) is 14.5. The first-order valence-corrected chi connectivity index (χ1v) is 9.59. The Balaban J connectivity index is 1.89. The number of carbonyl (C=O) groups excluding carboxylic acids is 2. The molecule has 0 saturated heterocycles. The van der Waals surface area contributed by atoms with E-state index in [2.05, 4.69) is 0 Å². The van der Waals surface area contributed by atoms with Gasteiger partial charge in [0.25, 0.3) is 5.91 Å². The number of aliphatic hydroxyl groups excluding tert-OH is 1. The normalized spacial score (nSPS) is 16.7. The molecule has 0 saturated carbocycles. The van der Waals surface area contributed by atoms with Gasteiger partial charge in [0, 0.05) is 10.7 Å². The number of nitrogens with zero attached hydrogens (tertiary/aromatic N) is 1. The van der Waals surface area contributed by atoms with E-state index >= 15 is 0 Å². The highest BCUT2D eigenvalue weighted by atomic mass is 35.5. The summed E-state index contributed by atoms with van der Waals surface area (Å²) in [5.74, 6) is -2.37. The molecule has 0 aliphatic carbocycles. The predicted octanol–water partition coefficient (Wildman–Crippen LogP) is 5.32. The number of hydrogen-bond acceptors (Lipinski definition) is 4. The molecule has 1 aromatic heterocycles. The lowest BCUT2D eigenvalue weighted by molar-refractivity contribution is -0.117. The van der Waals surface area contributed by atoms with Gasteiger partial charge in [-0.3, -0.25) is 14.5 Å². The lowest BCUT2D eigenvalue weighted by Gasteiger charge is -2.27. The monoisotopic (exact) mass is 413 g/mol. The van der Waals surface area contributed by atoms with Crippen LogP contribution in [0.15, 0.2) is 77.4 Å². The molecule has 3 aromatic rings. The van der Waals surface area contributed by atoms with Crippen molar-refractivity contribution in [1.29, 1.82) is 0 Å². The largest absolute Gasteiger partial charge is 0.503 e. The SMILES string of the molecule is O=C(C1=C(O)C(=O)N(c2cccc(F)c2)C1c1ccc(Cl)cc1)c1cccs1. The van der Waals surface area contributed by atoms with Crippen LogP contribution in [0.1, 0.15) is 21.3 Å². The number of Topliss-reactive ketones (excluding diaryl/α,β-unsaturated/α-hetero) is 1. The van der Waals surface area contributed by atoms with Gasteiger partial charge in [-0.2, -0.15) is 0 Å². The molecule has 28 heavy (non-hydrogen) atoms. The van der Waals surface area contributed by atoms with Gasteiger partial charge in [-0.1, -0.05) is 35.9 Å². The number of aliphatic hydroxyl groups is 1. The van der Waals surface area contributed by atoms with Gasteiger partial charge in [-0.15, -0.1) is 11.3 Å². The van der Waals surface area contributed by atoms with E-state index in [1.54, 1.807) is 47.8 Å². The van der Waals surface area contributed by atoms with Crippen molar-refractivity contribution in [2.24, 2.45) is 0 Å². The summed E-state index contributed by atoms with van der Waals surface area (Å²) in [4.78, 5) is 27.6. The van der Waals surface area contributed by atoms with Crippen LogP contribution in [0.2, 0.25) is 5.02 Å². The summed E-state index contributed by atoms with van der Waals surface area (Å²) in [5.41, 5.74) is 0.774. The molecule has 4 rings (SSSR count). The zero-order chi connectivity index (χ0) is 19.8. The number of halogens is 2. The third kappa shape index (κ3) is 3.10. The molecule has 1 aliphatic heterocycles. The number of rotatable bonds is 4. The van der Waals surface area contributed by atoms with Crippen molar-refractivity contribution in [3.05, 3.63) is 98.7 Å². The van der Waals surface area contributed by atoms with E-state index in [0.29, 0.717) is 15.5 Å². The Labute approximate surface area is 169 Å². The Morgan fingerprint density at radius 3 is 2.50 bits per heavy atom. The zero-order valence-corrected chi connectivity index (χ0v) is 15.9. The smallest absolute Gasteiger partial charge is 0.294 e. The van der Waals surface area contributed by atoms with Gasteiger partial charge < -0.3 is 5.11 Å². The summed E-state index contributed by atoms with van der Waals surface area (Å²) in [5, 5.41) is 12.8. The van der Waals surface area contributed by atoms with Gasteiger partial charge in [0.05, 0.1) is 16.5 Å². The molecule has 1 atom stereocenters. The van der Waals surface area contributed by atoms with Gasteiger partial charge in [-0.25, -0.2) is 4.39 Å². The molecule has 2 aromatic carbocycles. The van der Waals surface area contributed by atoms with Crippen molar-refractivity contribution in [2.75, 3.05) is 4.90 Å². The first-order valence-electron chi connectivity index (χ1n) is 8.33. The minimum absolute atomic E-state index is 0.0426. The van der Waals surface area contributed by atoms with Crippen molar-refractivity contribution < 1.29 is 19.1 Å². The molecule has 140 valence electrons. The fraction of sp³-hybridized carbons (Fsp3) is 0.0476. The Kier molecular flexibility index (Phi) is 4.75. The van der Waals surface area contributed by atoms with Crippen LogP contribution in [0.3, 0.4) is 0 Å². The van der Waals surface area contributed by atoms with Crippen LogP contribution >= 0.6 is 22.9 Å². The summed E-state index contributed by atoms with van der Waals surface area (Å²) in [7, 11) is 0. The number of benzene rings is 2. The fourth-order valence-electron chi connectivity index (χ4n) is 3.23. The van der Waals surface area contributed by atoms with Crippen LogP contribution < -0.4 is 4.90 Å². The topological polar surface area (TPSA) is 57.6 Å². The number of hydrogen-bond donors (Lipinski definition) is 1. The van der Waals surface area contributed by atoms with E-state index < -0.39 is 29.3 Å². The summed E-state index contributed by atoms with van der Waals surface area (Å²) in [6.45, 7) is 0. The quantitative estimate of drug-likeness (QED) is 0.588. The highest BCUT2D eigenvalue weighted by Gasteiger charge is 2.44. The summed E-state index contributed by atoms with van der Waals surface area (Å²) >= 11 is 7.19. The molecule has 0 bridgehead atoms. The Bertz CT molecular complexity index is 1090. The van der Waals surface area contributed by atoms with Crippen molar-refractivity contribution in [1.82, 2.24) is 0 Å². The van der Waals surface area contributed by atoms with Gasteiger partial charge >= 0.3 is 0 Å². The number of amides is 1. The molecule has 0 spiro atoms. The van der Waals surface area contributed by atoms with Crippen molar-refractivity contribution in [2.45, 2.75) is 6.04 Å². The average molecular weight is 414 g/mol. The molecule has 1 N–H and O–H groups in total. The third-order valence-corrected chi connectivity index (χ3v) is 5.59. The van der Waals surface area contributed by atoms with Crippen LogP contribution in [0.25, 0.3) is 0 Å². The second-order valence-corrected chi connectivity index (χ2v) is 7.56. The van der Waals surface area contributed by atoms with Gasteiger partial charge in [0.2, 0.25) is 5.78 Å². The van der Waals surface area contributed by atoms with Crippen LogP contribution in [-0.4, -0.2) is 16.8 Å². The maximum atomic E-state index is 13.8. The number of carbonyl (C=O) groups is 2. The number of ketones is 1. The standard InChI is InChI=1S/C21H13ClFNO3S/c22-13-8-6-12(7-9-13)18-17(19(25)16-5-2-10-28-16)20(26)21(27)24(18)15-4-1-3-14(23)11-15/h1-11,18,26H. The molecular formula is C21H13ClFNO3S. The fourth-order valence-corrected chi connectivity index (χ4v) is 4.03. The summed E-state index contributed by atoms with van der Waals surface area (Å²) in [6.07, 6.45) is 0. The van der Waals surface area contributed by atoms with Crippen molar-refractivity contribution in [3.63, 3.8) is 0 Å². The Morgan fingerprint density at radius 2 is 1.86 bits per heavy atom. The lowest BCUT2D eigenvalue weighted by Crippen LogP contribution is -2.31. The average Bonchev–Trinajstić information content (AvgIpc) is 3.30. The molecule has 7 heteroatoms. The van der Waals surface area contributed by atoms with Crippen LogP contribution in [0.4, 0.5) is 10.1 Å². The maximum absolute atomic E-state index is 13.8. The van der Waals surface area contributed by atoms with E-state index in [4.69, 9.17) is 11.6 Å². The van der Waals surface area contributed by atoms with E-state index in [9.17, 15) is 19.1 Å². The Morgan fingerprint density at radius 1 is 1.11 bits per heavy atom. The second-order valence-electron chi connectivity index (χ2n) is 6.18. The van der Waals surface area contributed by atoms with Crippen molar-refractivity contribution in [3.8, 4) is 0 Å². The molecule has 2 heterocycles. The van der Waals surface area contributed by atoms with Crippen molar-refractivity contribution >= 4 is 40.3 Å². The minimum Gasteiger partial charge on any atom is -0.503 e. The highest BCUT2D eigenvalue weighted by Crippen LogP contribution is 2.42. The number of anilines is 1. The van der Waals surface area contributed by atoms with E-state index in [0.717, 1.165) is 0 Å². The molecular weight excluding hydrogens is 401 g/mol. The first kappa shape index (κ1) is 18.4. The summed E-state index contributed by atoms with van der Waals surface area (Å²) < 4.78 is 13.8.